The Bertz CT molecular complexity index is 134. The van der Waals surface area contributed by atoms with Gasteiger partial charge in [-0.1, -0.05) is 0 Å². The van der Waals surface area contributed by atoms with E-state index in [1.807, 2.05) is 13.8 Å². The summed E-state index contributed by atoms with van der Waals surface area (Å²) in [4.78, 5) is 0. The third-order valence-corrected chi connectivity index (χ3v) is 14.7. The molecule has 4 heteroatoms. The van der Waals surface area contributed by atoms with E-state index in [0.29, 0.717) is 0 Å². The molecule has 0 spiro atoms. The molecule has 58 valence electrons. The zero-order chi connectivity index (χ0) is 7.98. The van der Waals surface area contributed by atoms with Gasteiger partial charge in [-0.3, -0.25) is 0 Å². The molecule has 10 heavy (non-hydrogen) atoms. The molecule has 0 aliphatic heterocycles. The summed E-state index contributed by atoms with van der Waals surface area (Å²) in [6, 6.07) is 0. The van der Waals surface area contributed by atoms with E-state index >= 15 is 0 Å². The van der Waals surface area contributed by atoms with Gasteiger partial charge < -0.3 is 0 Å². The van der Waals surface area contributed by atoms with Crippen LogP contribution in [0.5, 0.6) is 0 Å². The minimum absolute atomic E-state index is 0.137. The van der Waals surface area contributed by atoms with Crippen LogP contribution >= 0.6 is 0 Å². The molecular weight excluding hydrogens is 359 g/mol. The van der Waals surface area contributed by atoms with Crippen molar-refractivity contribution in [1.82, 2.24) is 0 Å². The molecule has 2 N–H and O–H groups in total. The number of hydrogen-bond donors (Lipinski definition) is 2. The third-order valence-electron chi connectivity index (χ3n) is 0.668. The second-order valence-corrected chi connectivity index (χ2v) is 12.7. The summed E-state index contributed by atoms with van der Waals surface area (Å²) >= 11 is -0.273. The van der Waals surface area contributed by atoms with E-state index in [2.05, 4.69) is 0 Å². The van der Waals surface area contributed by atoms with Crippen molar-refractivity contribution < 1.29 is 10.2 Å². The van der Waals surface area contributed by atoms with Crippen LogP contribution in [0.1, 0.15) is 13.8 Å². The molecule has 0 saturated heterocycles. The SMILES string of the molecule is CC(=CO)[Te][Te]C(C)=CO. The average molecular weight is 369 g/mol. The Balaban J connectivity index is 3.56. The van der Waals surface area contributed by atoms with Crippen LogP contribution in [0.25, 0.3) is 0 Å². The van der Waals surface area contributed by atoms with Gasteiger partial charge in [0.2, 0.25) is 0 Å². The zero-order valence-corrected chi connectivity index (χ0v) is 10.5. The van der Waals surface area contributed by atoms with Gasteiger partial charge in [0.25, 0.3) is 0 Å². The molecule has 0 aliphatic rings. The van der Waals surface area contributed by atoms with E-state index in [4.69, 9.17) is 10.2 Å². The molecule has 0 bridgehead atoms. The molecule has 0 aromatic carbocycles. The van der Waals surface area contributed by atoms with E-state index < -0.39 is 0 Å². The monoisotopic (exact) mass is 374 g/mol. The predicted octanol–water partition coefficient (Wildman–Crippen LogP) is 1.15. The van der Waals surface area contributed by atoms with Crippen molar-refractivity contribution in [1.29, 1.82) is 0 Å². The summed E-state index contributed by atoms with van der Waals surface area (Å²) in [6.45, 7) is 3.88. The molecule has 0 unspecified atom stereocenters. The first-order valence-corrected chi connectivity index (χ1v) is 12.3. The molecule has 0 radical (unpaired) electrons. The van der Waals surface area contributed by atoms with Gasteiger partial charge in [0.05, 0.1) is 0 Å². The van der Waals surface area contributed by atoms with E-state index in [1.54, 1.807) is 0 Å². The fourth-order valence-electron chi connectivity index (χ4n) is 0.174. The van der Waals surface area contributed by atoms with Gasteiger partial charge in [0.15, 0.2) is 0 Å². The van der Waals surface area contributed by atoms with Crippen molar-refractivity contribution in [2.45, 2.75) is 13.8 Å². The zero-order valence-electron chi connectivity index (χ0n) is 5.87. The Labute approximate surface area is 77.4 Å². The van der Waals surface area contributed by atoms with E-state index in [-0.39, 0.29) is 34.1 Å². The number of allylic oxidation sites excluding steroid dienone is 2. The van der Waals surface area contributed by atoms with Gasteiger partial charge >= 0.3 is 77.9 Å². The van der Waals surface area contributed by atoms with Crippen LogP contribution in [0.4, 0.5) is 0 Å². The first-order chi connectivity index (χ1) is 4.70. The van der Waals surface area contributed by atoms with Gasteiger partial charge in [0, 0.05) is 0 Å². The van der Waals surface area contributed by atoms with Crippen LogP contribution in [-0.4, -0.2) is 44.3 Å². The summed E-state index contributed by atoms with van der Waals surface area (Å²) in [5, 5.41) is 17.1. The quantitative estimate of drug-likeness (QED) is 0.579. The topological polar surface area (TPSA) is 40.5 Å². The molecule has 0 rings (SSSR count). The maximum absolute atomic E-state index is 8.53. The normalized spacial score (nSPS) is 13.8. The fraction of sp³-hybridized carbons (Fsp3) is 0.333. The van der Waals surface area contributed by atoms with Crippen molar-refractivity contribution in [3.05, 3.63) is 19.8 Å². The van der Waals surface area contributed by atoms with Crippen LogP contribution in [0.3, 0.4) is 0 Å². The van der Waals surface area contributed by atoms with Crippen LogP contribution in [0.15, 0.2) is 19.8 Å². The summed E-state index contributed by atoms with van der Waals surface area (Å²) in [5.74, 6) is 0. The second kappa shape index (κ2) is 6.37. The molecule has 0 amide bonds. The van der Waals surface area contributed by atoms with E-state index in [1.165, 1.54) is 12.5 Å². The average Bonchev–Trinajstić information content (AvgIpc) is 1.99. The van der Waals surface area contributed by atoms with Crippen molar-refractivity contribution in [2.24, 2.45) is 0 Å². The first-order valence-electron chi connectivity index (χ1n) is 2.67. The summed E-state index contributed by atoms with van der Waals surface area (Å²) in [6.07, 6.45) is 2.38. The van der Waals surface area contributed by atoms with Gasteiger partial charge in [-0.05, 0) is 0 Å². The van der Waals surface area contributed by atoms with Crippen molar-refractivity contribution in [3.8, 4) is 0 Å². The first kappa shape index (κ1) is 10.7. The van der Waals surface area contributed by atoms with Crippen molar-refractivity contribution in [2.75, 3.05) is 0 Å². The molecule has 0 aromatic rings. The molecule has 0 aromatic heterocycles. The Kier molecular flexibility index (Phi) is 6.79. The van der Waals surface area contributed by atoms with Crippen LogP contribution < -0.4 is 0 Å². The Morgan fingerprint density at radius 1 is 1.00 bits per heavy atom. The Hall–Kier alpha value is 0.659. The Morgan fingerprint density at radius 3 is 1.50 bits per heavy atom. The van der Waals surface area contributed by atoms with Crippen LogP contribution in [0, 0.1) is 0 Å². The second-order valence-electron chi connectivity index (χ2n) is 1.65. The van der Waals surface area contributed by atoms with Crippen molar-refractivity contribution in [3.63, 3.8) is 0 Å². The molecule has 2 nitrogen and oxygen atoms in total. The van der Waals surface area contributed by atoms with Crippen LogP contribution in [0.2, 0.25) is 0 Å². The molecule has 0 saturated carbocycles. The number of rotatable bonds is 3. The summed E-state index contributed by atoms with van der Waals surface area (Å²) in [5.41, 5.74) is 0. The standard InChI is InChI=1S/C6H10O2Te2/c1-5(3-7)9-10-6(2)4-8/h3-4,7-8H,1-2H3. The molecule has 0 atom stereocenters. The summed E-state index contributed by atoms with van der Waals surface area (Å²) in [7, 11) is 0. The number of hydrogen-bond acceptors (Lipinski definition) is 2. The number of aliphatic hydroxyl groups excluding tert-OH is 2. The molecule has 0 aliphatic carbocycles. The molecular formula is C6H10O2Te2. The predicted molar refractivity (Wildman–Crippen MR) is 44.3 cm³/mol. The van der Waals surface area contributed by atoms with Crippen LogP contribution in [-0.2, 0) is 0 Å². The summed E-state index contributed by atoms with van der Waals surface area (Å²) < 4.78 is 2.24. The number of aliphatic hydroxyl groups is 2. The van der Waals surface area contributed by atoms with Crippen molar-refractivity contribution >= 4 is 34.1 Å². The minimum atomic E-state index is -0.137. The van der Waals surface area contributed by atoms with Gasteiger partial charge in [-0.15, -0.1) is 0 Å². The maximum atomic E-state index is 8.53. The van der Waals surface area contributed by atoms with Gasteiger partial charge in [0.1, 0.15) is 0 Å². The van der Waals surface area contributed by atoms with Gasteiger partial charge in [-0.2, -0.15) is 0 Å². The third kappa shape index (κ3) is 5.44. The van der Waals surface area contributed by atoms with Gasteiger partial charge in [-0.25, -0.2) is 0 Å². The molecule has 0 fully saturated rings. The van der Waals surface area contributed by atoms with E-state index in [9.17, 15) is 0 Å². The fourth-order valence-corrected chi connectivity index (χ4v) is 7.85. The Morgan fingerprint density at radius 2 is 1.30 bits per heavy atom. The molecule has 0 heterocycles. The van der Waals surface area contributed by atoms with E-state index in [0.717, 1.165) is 7.24 Å².